The van der Waals surface area contributed by atoms with Gasteiger partial charge in [-0.1, -0.05) is 11.6 Å². The number of anilines is 1. The van der Waals surface area contributed by atoms with E-state index in [4.69, 9.17) is 11.6 Å². The van der Waals surface area contributed by atoms with Crippen molar-refractivity contribution in [3.8, 4) is 0 Å². The molecule has 1 aliphatic rings. The Bertz CT molecular complexity index is 892. The predicted octanol–water partition coefficient (Wildman–Crippen LogP) is 3.44. The zero-order chi connectivity index (χ0) is 17.3. The number of hydrogen-bond acceptors (Lipinski definition) is 3. The van der Waals surface area contributed by atoms with Gasteiger partial charge in [0.25, 0.3) is 5.91 Å². The summed E-state index contributed by atoms with van der Waals surface area (Å²) in [6, 6.07) is 11.0. The first-order chi connectivity index (χ1) is 11.4. The molecule has 0 bridgehead atoms. The minimum atomic E-state index is -3.35. The lowest BCUT2D eigenvalue weighted by molar-refractivity contribution is 0.0983. The summed E-state index contributed by atoms with van der Waals surface area (Å²) < 4.78 is 36.7. The third kappa shape index (κ3) is 3.49. The Morgan fingerprint density at radius 2 is 1.71 bits per heavy atom. The van der Waals surface area contributed by atoms with E-state index in [1.54, 1.807) is 24.3 Å². The van der Waals surface area contributed by atoms with Gasteiger partial charge in [-0.2, -0.15) is 0 Å². The highest BCUT2D eigenvalue weighted by Crippen LogP contribution is 2.25. The Morgan fingerprint density at radius 1 is 1.08 bits per heavy atom. The summed E-state index contributed by atoms with van der Waals surface area (Å²) >= 11 is 5.84. The molecule has 0 aromatic heterocycles. The number of amides is 1. The molecule has 3 rings (SSSR count). The number of benzene rings is 2. The minimum Gasteiger partial charge on any atom is -0.300 e. The first-order valence-electron chi connectivity index (χ1n) is 7.11. The smallest absolute Gasteiger partial charge is 0.258 e. The summed E-state index contributed by atoms with van der Waals surface area (Å²) in [6.07, 6.45) is 1.46. The van der Waals surface area contributed by atoms with Gasteiger partial charge in [0, 0.05) is 21.7 Å². The number of sulfone groups is 1. The lowest BCUT2D eigenvalue weighted by Crippen LogP contribution is -2.41. The fourth-order valence-electron chi connectivity index (χ4n) is 2.51. The van der Waals surface area contributed by atoms with Crippen molar-refractivity contribution in [1.82, 2.24) is 0 Å². The zero-order valence-electron chi connectivity index (χ0n) is 12.4. The molecule has 124 valence electrons. The second-order valence-corrected chi connectivity index (χ2v) is 7.75. The van der Waals surface area contributed by atoms with E-state index in [2.05, 4.69) is 0 Å². The zero-order valence-corrected chi connectivity index (χ0v) is 14.0. The average Bonchev–Trinajstić information content (AvgIpc) is 2.90. The van der Waals surface area contributed by atoms with Crippen LogP contribution >= 0.6 is 11.6 Å². The maximum absolute atomic E-state index is 13.2. The van der Waals surface area contributed by atoms with E-state index in [-0.39, 0.29) is 11.7 Å². The summed E-state index contributed by atoms with van der Waals surface area (Å²) in [5.74, 6) is -1.03. The molecule has 1 aliphatic heterocycles. The molecule has 0 saturated carbocycles. The number of nitrogens with zero attached hydrogens (tertiary/aromatic N) is 1. The van der Waals surface area contributed by atoms with Crippen LogP contribution in [0, 0.1) is 5.82 Å². The maximum atomic E-state index is 13.2. The maximum Gasteiger partial charge on any atom is 0.258 e. The van der Waals surface area contributed by atoms with E-state index in [0.717, 1.165) is 5.41 Å². The van der Waals surface area contributed by atoms with Gasteiger partial charge in [-0.05, 0) is 54.6 Å². The lowest BCUT2D eigenvalue weighted by atomic mass is 10.1. The molecule has 4 nitrogen and oxygen atoms in total. The molecule has 1 amide bonds. The van der Waals surface area contributed by atoms with Crippen LogP contribution in [-0.2, 0) is 9.84 Å². The number of rotatable bonds is 3. The molecule has 0 radical (unpaired) electrons. The second-order valence-electron chi connectivity index (χ2n) is 5.38. The Kier molecular flexibility index (Phi) is 4.43. The number of hydrogen-bond donors (Lipinski definition) is 0. The Hall–Kier alpha value is -2.18. The fourth-order valence-corrected chi connectivity index (χ4v) is 3.91. The Labute approximate surface area is 144 Å². The van der Waals surface area contributed by atoms with Crippen LogP contribution in [-0.4, -0.2) is 26.1 Å². The van der Waals surface area contributed by atoms with E-state index in [1.165, 1.54) is 35.2 Å². The number of carbonyl (C=O) groups is 1. The van der Waals surface area contributed by atoms with Crippen molar-refractivity contribution in [3.63, 3.8) is 0 Å². The normalized spacial score (nSPS) is 18.5. The van der Waals surface area contributed by atoms with Crippen LogP contribution in [0.5, 0.6) is 0 Å². The lowest BCUT2D eigenvalue weighted by Gasteiger charge is -2.27. The van der Waals surface area contributed by atoms with Gasteiger partial charge < -0.3 is 4.90 Å². The van der Waals surface area contributed by atoms with Gasteiger partial charge in [0.05, 0.1) is 11.8 Å². The van der Waals surface area contributed by atoms with Gasteiger partial charge >= 0.3 is 0 Å². The van der Waals surface area contributed by atoms with Crippen LogP contribution < -0.4 is 4.90 Å². The van der Waals surface area contributed by atoms with Gasteiger partial charge in [0.1, 0.15) is 5.82 Å². The number of carbonyl (C=O) groups excluding carboxylic acids is 1. The molecule has 0 fully saturated rings. The second kappa shape index (κ2) is 6.37. The molecule has 0 unspecified atom stereocenters. The molecule has 1 heterocycles. The standard InChI is InChI=1S/C17H13ClFNO3S/c18-13-3-1-12(2-4-13)17(21)20(15-7-5-14(19)6-8-15)16-9-10-24(22,23)11-16/h1-10,16H,11H2/t16-/m0/s1. The Morgan fingerprint density at radius 3 is 2.25 bits per heavy atom. The summed E-state index contributed by atoms with van der Waals surface area (Å²) in [7, 11) is -3.35. The first-order valence-corrected chi connectivity index (χ1v) is 9.21. The third-order valence-corrected chi connectivity index (χ3v) is 5.29. The van der Waals surface area contributed by atoms with E-state index < -0.39 is 21.7 Å². The highest BCUT2D eigenvalue weighted by Gasteiger charge is 2.32. The van der Waals surface area contributed by atoms with Crippen LogP contribution in [0.25, 0.3) is 0 Å². The van der Waals surface area contributed by atoms with Crippen LogP contribution in [0.4, 0.5) is 10.1 Å². The van der Waals surface area contributed by atoms with E-state index in [0.29, 0.717) is 16.3 Å². The van der Waals surface area contributed by atoms with Gasteiger partial charge in [0.2, 0.25) is 0 Å². The van der Waals surface area contributed by atoms with Crippen LogP contribution in [0.15, 0.2) is 60.0 Å². The summed E-state index contributed by atoms with van der Waals surface area (Å²) in [6.45, 7) is 0. The topological polar surface area (TPSA) is 54.5 Å². The monoisotopic (exact) mass is 365 g/mol. The SMILES string of the molecule is O=C(c1ccc(Cl)cc1)N(c1ccc(F)cc1)[C@H]1C=CS(=O)(=O)C1. The highest BCUT2D eigenvalue weighted by atomic mass is 35.5. The Balaban J connectivity index is 2.01. The third-order valence-electron chi connectivity index (χ3n) is 3.66. The van der Waals surface area contributed by atoms with E-state index in [9.17, 15) is 17.6 Å². The fraction of sp³-hybridized carbons (Fsp3) is 0.118. The summed E-state index contributed by atoms with van der Waals surface area (Å²) in [5, 5.41) is 1.59. The summed E-state index contributed by atoms with van der Waals surface area (Å²) in [4.78, 5) is 14.3. The molecular formula is C17H13ClFNO3S. The molecule has 0 N–H and O–H groups in total. The van der Waals surface area contributed by atoms with Gasteiger partial charge in [-0.25, -0.2) is 12.8 Å². The molecular weight excluding hydrogens is 353 g/mol. The van der Waals surface area contributed by atoms with Crippen LogP contribution in [0.1, 0.15) is 10.4 Å². The van der Waals surface area contributed by atoms with Crippen LogP contribution in [0.2, 0.25) is 5.02 Å². The van der Waals surface area contributed by atoms with Crippen molar-refractivity contribution in [2.75, 3.05) is 10.7 Å². The molecule has 2 aromatic carbocycles. The number of halogens is 2. The van der Waals surface area contributed by atoms with Gasteiger partial charge in [0.15, 0.2) is 9.84 Å². The van der Waals surface area contributed by atoms with Crippen molar-refractivity contribution in [2.24, 2.45) is 0 Å². The van der Waals surface area contributed by atoms with Gasteiger partial charge in [-0.15, -0.1) is 0 Å². The van der Waals surface area contributed by atoms with Crippen LogP contribution in [0.3, 0.4) is 0 Å². The molecule has 2 aromatic rings. The largest absolute Gasteiger partial charge is 0.300 e. The molecule has 0 aliphatic carbocycles. The van der Waals surface area contributed by atoms with Crippen molar-refractivity contribution in [3.05, 3.63) is 76.4 Å². The minimum absolute atomic E-state index is 0.205. The summed E-state index contributed by atoms with van der Waals surface area (Å²) in [5.41, 5.74) is 0.782. The average molecular weight is 366 g/mol. The van der Waals surface area contributed by atoms with Crippen molar-refractivity contribution < 1.29 is 17.6 Å². The van der Waals surface area contributed by atoms with E-state index >= 15 is 0 Å². The quantitative estimate of drug-likeness (QED) is 0.837. The first kappa shape index (κ1) is 16.7. The highest BCUT2D eigenvalue weighted by molar-refractivity contribution is 7.94. The van der Waals surface area contributed by atoms with E-state index in [1.807, 2.05) is 0 Å². The molecule has 0 spiro atoms. The molecule has 24 heavy (non-hydrogen) atoms. The van der Waals surface area contributed by atoms with Gasteiger partial charge in [-0.3, -0.25) is 4.79 Å². The van der Waals surface area contributed by atoms with Crippen molar-refractivity contribution >= 4 is 33.0 Å². The van der Waals surface area contributed by atoms with Crippen molar-refractivity contribution in [2.45, 2.75) is 6.04 Å². The molecule has 0 saturated heterocycles. The van der Waals surface area contributed by atoms with Crippen molar-refractivity contribution in [1.29, 1.82) is 0 Å². The molecule has 1 atom stereocenters. The predicted molar refractivity (Wildman–Crippen MR) is 91.4 cm³/mol. The molecule has 7 heteroatoms.